The third-order valence-electron chi connectivity index (χ3n) is 3.86. The summed E-state index contributed by atoms with van der Waals surface area (Å²) in [5.41, 5.74) is 5.90. The van der Waals surface area contributed by atoms with Gasteiger partial charge in [0.05, 0.1) is 0 Å². The molecule has 0 aromatic carbocycles. The standard InChI is InChI=1S/C13H26N2O2.ClH/c1-3-13(14,4-2)10-15-12(16)9-11-5-7-17-8-6-11;/h11H,3-10,14H2,1-2H3,(H,15,16);1H. The van der Waals surface area contributed by atoms with Crippen LogP contribution in [0.2, 0.25) is 0 Å². The molecule has 0 aliphatic carbocycles. The van der Waals surface area contributed by atoms with Crippen LogP contribution in [0.5, 0.6) is 0 Å². The van der Waals surface area contributed by atoms with Gasteiger partial charge in [0.2, 0.25) is 5.91 Å². The minimum absolute atomic E-state index is 0. The highest BCUT2D eigenvalue weighted by Gasteiger charge is 2.22. The van der Waals surface area contributed by atoms with Gasteiger partial charge in [-0.1, -0.05) is 13.8 Å². The molecule has 18 heavy (non-hydrogen) atoms. The molecule has 0 atom stereocenters. The molecular weight excluding hydrogens is 252 g/mol. The summed E-state index contributed by atoms with van der Waals surface area (Å²) in [7, 11) is 0. The van der Waals surface area contributed by atoms with Crippen LogP contribution in [-0.4, -0.2) is 31.2 Å². The summed E-state index contributed by atoms with van der Waals surface area (Å²) in [6, 6.07) is 0. The number of hydrogen-bond donors (Lipinski definition) is 2. The van der Waals surface area contributed by atoms with Crippen LogP contribution >= 0.6 is 12.4 Å². The Bertz CT molecular complexity index is 239. The number of nitrogens with one attached hydrogen (secondary N) is 1. The number of carbonyl (C=O) groups excluding carboxylic acids is 1. The fourth-order valence-corrected chi connectivity index (χ4v) is 2.06. The monoisotopic (exact) mass is 278 g/mol. The number of ether oxygens (including phenoxy) is 1. The molecule has 0 unspecified atom stereocenters. The van der Waals surface area contributed by atoms with Crippen molar-refractivity contribution in [1.82, 2.24) is 5.32 Å². The molecule has 1 saturated heterocycles. The Morgan fingerprint density at radius 2 is 1.89 bits per heavy atom. The Morgan fingerprint density at radius 3 is 2.39 bits per heavy atom. The minimum atomic E-state index is -0.245. The van der Waals surface area contributed by atoms with E-state index in [1.165, 1.54) is 0 Å². The molecule has 3 N–H and O–H groups in total. The van der Waals surface area contributed by atoms with Crippen LogP contribution in [0.1, 0.15) is 46.0 Å². The van der Waals surface area contributed by atoms with Crippen molar-refractivity contribution in [2.24, 2.45) is 11.7 Å². The van der Waals surface area contributed by atoms with Crippen molar-refractivity contribution in [1.29, 1.82) is 0 Å². The van der Waals surface area contributed by atoms with E-state index in [1.807, 2.05) is 0 Å². The molecule has 0 aromatic heterocycles. The lowest BCUT2D eigenvalue weighted by molar-refractivity contribution is -0.122. The van der Waals surface area contributed by atoms with Crippen LogP contribution < -0.4 is 11.1 Å². The van der Waals surface area contributed by atoms with Crippen molar-refractivity contribution in [3.8, 4) is 0 Å². The summed E-state index contributed by atoms with van der Waals surface area (Å²) in [6.45, 7) is 6.30. The molecule has 1 amide bonds. The Kier molecular flexibility index (Phi) is 8.57. The van der Waals surface area contributed by atoms with E-state index in [1.54, 1.807) is 0 Å². The average Bonchev–Trinajstić information content (AvgIpc) is 2.37. The lowest BCUT2D eigenvalue weighted by Gasteiger charge is -2.27. The summed E-state index contributed by atoms with van der Waals surface area (Å²) in [5, 5.41) is 2.97. The second-order valence-corrected chi connectivity index (χ2v) is 5.11. The van der Waals surface area contributed by atoms with Gasteiger partial charge in [-0.3, -0.25) is 4.79 Å². The van der Waals surface area contributed by atoms with Gasteiger partial charge in [0.1, 0.15) is 0 Å². The van der Waals surface area contributed by atoms with Crippen LogP contribution in [0.15, 0.2) is 0 Å². The van der Waals surface area contributed by atoms with Gasteiger partial charge in [-0.05, 0) is 31.6 Å². The van der Waals surface area contributed by atoms with Gasteiger partial charge in [-0.25, -0.2) is 0 Å². The third-order valence-corrected chi connectivity index (χ3v) is 3.86. The molecule has 1 aliphatic heterocycles. The molecular formula is C13H27ClN2O2. The fraction of sp³-hybridized carbons (Fsp3) is 0.923. The van der Waals surface area contributed by atoms with Crippen molar-refractivity contribution in [2.75, 3.05) is 19.8 Å². The first-order valence-corrected chi connectivity index (χ1v) is 6.73. The van der Waals surface area contributed by atoms with E-state index in [-0.39, 0.29) is 23.9 Å². The van der Waals surface area contributed by atoms with Crippen molar-refractivity contribution >= 4 is 18.3 Å². The van der Waals surface area contributed by atoms with Crippen LogP contribution in [0.3, 0.4) is 0 Å². The third kappa shape index (κ3) is 6.03. The van der Waals surface area contributed by atoms with Gasteiger partial charge in [0.25, 0.3) is 0 Å². The summed E-state index contributed by atoms with van der Waals surface area (Å²) in [4.78, 5) is 11.8. The van der Waals surface area contributed by atoms with Gasteiger partial charge in [-0.15, -0.1) is 12.4 Å². The van der Waals surface area contributed by atoms with Gasteiger partial charge in [-0.2, -0.15) is 0 Å². The van der Waals surface area contributed by atoms with Gasteiger partial charge < -0.3 is 15.8 Å². The van der Waals surface area contributed by atoms with Crippen molar-refractivity contribution < 1.29 is 9.53 Å². The molecule has 4 nitrogen and oxygen atoms in total. The largest absolute Gasteiger partial charge is 0.381 e. The van der Waals surface area contributed by atoms with Gasteiger partial charge in [0, 0.05) is 31.7 Å². The van der Waals surface area contributed by atoms with Gasteiger partial charge in [0.15, 0.2) is 0 Å². The fourth-order valence-electron chi connectivity index (χ4n) is 2.06. The number of hydrogen-bond acceptors (Lipinski definition) is 3. The Balaban J connectivity index is 0.00000289. The van der Waals surface area contributed by atoms with E-state index in [4.69, 9.17) is 10.5 Å². The SMILES string of the molecule is CCC(N)(CC)CNC(=O)CC1CCOCC1.Cl. The molecule has 5 heteroatoms. The molecule has 1 rings (SSSR count). The van der Waals surface area contributed by atoms with Crippen LogP contribution in [-0.2, 0) is 9.53 Å². The molecule has 1 heterocycles. The zero-order chi connectivity index (χ0) is 12.7. The predicted octanol–water partition coefficient (Wildman–Crippen LogP) is 1.86. The zero-order valence-electron chi connectivity index (χ0n) is 11.5. The highest BCUT2D eigenvalue weighted by atomic mass is 35.5. The van der Waals surface area contributed by atoms with E-state index in [0.29, 0.717) is 18.9 Å². The molecule has 0 radical (unpaired) electrons. The second-order valence-electron chi connectivity index (χ2n) is 5.11. The highest BCUT2D eigenvalue weighted by molar-refractivity contribution is 5.85. The number of rotatable bonds is 6. The molecule has 1 aliphatic rings. The average molecular weight is 279 g/mol. The van der Waals surface area contributed by atoms with Crippen LogP contribution in [0.25, 0.3) is 0 Å². The summed E-state index contributed by atoms with van der Waals surface area (Å²) in [5.74, 6) is 0.618. The topological polar surface area (TPSA) is 64.3 Å². The molecule has 0 aromatic rings. The minimum Gasteiger partial charge on any atom is -0.381 e. The van der Waals surface area contributed by atoms with E-state index >= 15 is 0 Å². The normalized spacial score (nSPS) is 17.1. The first-order chi connectivity index (χ1) is 8.09. The lowest BCUT2D eigenvalue weighted by atomic mass is 9.93. The van der Waals surface area contributed by atoms with Gasteiger partial charge >= 0.3 is 0 Å². The Labute approximate surface area is 116 Å². The van der Waals surface area contributed by atoms with E-state index in [9.17, 15) is 4.79 Å². The quantitative estimate of drug-likeness (QED) is 0.779. The zero-order valence-corrected chi connectivity index (χ0v) is 12.4. The van der Waals surface area contributed by atoms with Crippen molar-refractivity contribution in [2.45, 2.75) is 51.5 Å². The van der Waals surface area contributed by atoms with E-state index in [0.717, 1.165) is 38.9 Å². The maximum atomic E-state index is 11.8. The Morgan fingerprint density at radius 1 is 1.33 bits per heavy atom. The van der Waals surface area contributed by atoms with Crippen LogP contribution in [0, 0.1) is 5.92 Å². The molecule has 108 valence electrons. The molecule has 0 bridgehead atoms. The number of amides is 1. The summed E-state index contributed by atoms with van der Waals surface area (Å²) < 4.78 is 5.28. The lowest BCUT2D eigenvalue weighted by Crippen LogP contribution is -2.49. The van der Waals surface area contributed by atoms with E-state index < -0.39 is 0 Å². The Hall–Kier alpha value is -0.320. The van der Waals surface area contributed by atoms with Crippen molar-refractivity contribution in [3.63, 3.8) is 0 Å². The molecule has 1 fully saturated rings. The van der Waals surface area contributed by atoms with Crippen molar-refractivity contribution in [3.05, 3.63) is 0 Å². The maximum Gasteiger partial charge on any atom is 0.220 e. The molecule has 0 saturated carbocycles. The summed E-state index contributed by atoms with van der Waals surface area (Å²) >= 11 is 0. The smallest absolute Gasteiger partial charge is 0.220 e. The number of nitrogens with two attached hydrogens (primary N) is 1. The number of halogens is 1. The number of carbonyl (C=O) groups is 1. The van der Waals surface area contributed by atoms with E-state index in [2.05, 4.69) is 19.2 Å². The highest BCUT2D eigenvalue weighted by Crippen LogP contribution is 2.18. The summed E-state index contributed by atoms with van der Waals surface area (Å²) in [6.07, 6.45) is 4.40. The second kappa shape index (κ2) is 8.73. The van der Waals surface area contributed by atoms with Crippen LogP contribution in [0.4, 0.5) is 0 Å². The maximum absolute atomic E-state index is 11.8. The first kappa shape index (κ1) is 17.7. The molecule has 0 spiro atoms. The predicted molar refractivity (Wildman–Crippen MR) is 75.9 cm³/mol. The first-order valence-electron chi connectivity index (χ1n) is 6.73.